The van der Waals surface area contributed by atoms with Gasteiger partial charge in [0.25, 0.3) is 0 Å². The van der Waals surface area contributed by atoms with Crippen LogP contribution in [-0.4, -0.2) is 24.1 Å². The Hall–Kier alpha value is -1.17. The van der Waals surface area contributed by atoms with E-state index in [4.69, 9.17) is 0 Å². The molecule has 0 aromatic carbocycles. The van der Waals surface area contributed by atoms with Crippen molar-refractivity contribution in [1.29, 1.82) is 0 Å². The molecule has 0 spiro atoms. The topological polar surface area (TPSA) is 29.5 Å². The summed E-state index contributed by atoms with van der Waals surface area (Å²) in [7, 11) is 0. The Labute approximate surface area is 67.3 Å². The van der Waals surface area contributed by atoms with Gasteiger partial charge in [0, 0.05) is 20.0 Å². The maximum atomic E-state index is 11.0. The van der Waals surface area contributed by atoms with E-state index in [1.807, 2.05) is 13.8 Å². The quantitative estimate of drug-likeness (QED) is 0.565. The standard InChI is InChI=1S/C8H13NO2/c1-4-7-11-8(10)9(5-2)6-3/h5-6H2,1-3H3. The second-order valence-electron chi connectivity index (χ2n) is 1.89. The monoisotopic (exact) mass is 155 g/mol. The zero-order valence-corrected chi connectivity index (χ0v) is 7.18. The second-order valence-corrected chi connectivity index (χ2v) is 1.89. The highest BCUT2D eigenvalue weighted by molar-refractivity contribution is 5.68. The fourth-order valence-electron chi connectivity index (χ4n) is 0.641. The average molecular weight is 155 g/mol. The van der Waals surface area contributed by atoms with Crippen molar-refractivity contribution in [1.82, 2.24) is 4.90 Å². The van der Waals surface area contributed by atoms with Gasteiger partial charge in [0.1, 0.15) is 6.11 Å². The van der Waals surface area contributed by atoms with Crippen molar-refractivity contribution in [3.8, 4) is 12.0 Å². The molecule has 0 rings (SSSR count). The van der Waals surface area contributed by atoms with Crippen LogP contribution in [0, 0.1) is 12.0 Å². The summed E-state index contributed by atoms with van der Waals surface area (Å²) in [6, 6.07) is 0. The maximum Gasteiger partial charge on any atom is 0.423 e. The van der Waals surface area contributed by atoms with Gasteiger partial charge in [-0.25, -0.2) is 4.79 Å². The van der Waals surface area contributed by atoms with Crippen molar-refractivity contribution < 1.29 is 9.53 Å². The summed E-state index contributed by atoms with van der Waals surface area (Å²) in [6.07, 6.45) is 1.88. The third kappa shape index (κ3) is 3.51. The van der Waals surface area contributed by atoms with Gasteiger partial charge in [0.15, 0.2) is 0 Å². The Kier molecular flexibility index (Phi) is 5.01. The molecule has 0 unspecified atom stereocenters. The van der Waals surface area contributed by atoms with E-state index >= 15 is 0 Å². The molecule has 0 bridgehead atoms. The van der Waals surface area contributed by atoms with Gasteiger partial charge in [-0.15, -0.1) is 0 Å². The van der Waals surface area contributed by atoms with Crippen LogP contribution in [0.4, 0.5) is 4.79 Å². The van der Waals surface area contributed by atoms with Crippen LogP contribution in [0.2, 0.25) is 0 Å². The molecule has 3 nitrogen and oxygen atoms in total. The number of carbonyl (C=O) groups is 1. The van der Waals surface area contributed by atoms with E-state index in [1.165, 1.54) is 0 Å². The largest absolute Gasteiger partial charge is 0.423 e. The fraction of sp³-hybridized carbons (Fsp3) is 0.625. The van der Waals surface area contributed by atoms with E-state index in [-0.39, 0.29) is 6.09 Å². The summed E-state index contributed by atoms with van der Waals surface area (Å²) in [5, 5.41) is 0. The Morgan fingerprint density at radius 3 is 2.36 bits per heavy atom. The van der Waals surface area contributed by atoms with Gasteiger partial charge in [-0.2, -0.15) is 0 Å². The molecule has 0 saturated heterocycles. The van der Waals surface area contributed by atoms with E-state index < -0.39 is 0 Å². The van der Waals surface area contributed by atoms with E-state index in [1.54, 1.807) is 11.8 Å². The van der Waals surface area contributed by atoms with Crippen molar-refractivity contribution in [2.75, 3.05) is 13.1 Å². The molecule has 0 aliphatic carbocycles. The minimum Gasteiger partial charge on any atom is -0.356 e. The SMILES string of the molecule is CC#COC(=O)N(CC)CC. The van der Waals surface area contributed by atoms with E-state index in [2.05, 4.69) is 16.8 Å². The first-order valence-electron chi connectivity index (χ1n) is 3.63. The van der Waals surface area contributed by atoms with Crippen molar-refractivity contribution in [2.24, 2.45) is 0 Å². The molecule has 0 radical (unpaired) electrons. The van der Waals surface area contributed by atoms with Gasteiger partial charge in [-0.05, 0) is 13.8 Å². The molecular weight excluding hydrogens is 142 g/mol. The normalized spacial score (nSPS) is 7.91. The van der Waals surface area contributed by atoms with Gasteiger partial charge < -0.3 is 9.64 Å². The summed E-state index contributed by atoms with van der Waals surface area (Å²) < 4.78 is 4.56. The molecular formula is C8H13NO2. The average Bonchev–Trinajstić information content (AvgIpc) is 2.03. The molecule has 0 aromatic heterocycles. The van der Waals surface area contributed by atoms with Gasteiger partial charge in [-0.1, -0.05) is 5.92 Å². The van der Waals surface area contributed by atoms with E-state index in [0.29, 0.717) is 13.1 Å². The van der Waals surface area contributed by atoms with Crippen molar-refractivity contribution >= 4 is 6.09 Å². The summed E-state index contributed by atoms with van der Waals surface area (Å²) in [5.41, 5.74) is 0. The first-order valence-corrected chi connectivity index (χ1v) is 3.63. The van der Waals surface area contributed by atoms with E-state index in [0.717, 1.165) is 0 Å². The number of hydrogen-bond donors (Lipinski definition) is 0. The lowest BCUT2D eigenvalue weighted by Gasteiger charge is -2.14. The Balaban J connectivity index is 3.85. The molecule has 0 atom stereocenters. The zero-order chi connectivity index (χ0) is 8.69. The van der Waals surface area contributed by atoms with Crippen LogP contribution in [0.5, 0.6) is 0 Å². The molecule has 62 valence electrons. The lowest BCUT2D eigenvalue weighted by atomic mass is 10.6. The minimum absolute atomic E-state index is 0.371. The summed E-state index contributed by atoms with van der Waals surface area (Å²) in [5.74, 6) is 2.48. The lowest BCUT2D eigenvalue weighted by Crippen LogP contribution is -2.29. The Bertz CT molecular complexity index is 174. The van der Waals surface area contributed by atoms with Crippen LogP contribution in [-0.2, 0) is 4.74 Å². The van der Waals surface area contributed by atoms with Gasteiger partial charge in [-0.3, -0.25) is 0 Å². The fourth-order valence-corrected chi connectivity index (χ4v) is 0.641. The highest BCUT2D eigenvalue weighted by Gasteiger charge is 2.08. The molecule has 0 aliphatic heterocycles. The summed E-state index contributed by atoms with van der Waals surface area (Å²) >= 11 is 0. The number of amides is 1. The number of nitrogens with zero attached hydrogens (tertiary/aromatic N) is 1. The third-order valence-corrected chi connectivity index (χ3v) is 1.26. The van der Waals surface area contributed by atoms with Crippen LogP contribution in [0.3, 0.4) is 0 Å². The van der Waals surface area contributed by atoms with Crippen molar-refractivity contribution in [3.63, 3.8) is 0 Å². The molecule has 11 heavy (non-hydrogen) atoms. The van der Waals surface area contributed by atoms with Crippen LogP contribution >= 0.6 is 0 Å². The second kappa shape index (κ2) is 5.60. The molecule has 0 saturated carbocycles. The minimum atomic E-state index is -0.371. The van der Waals surface area contributed by atoms with E-state index in [9.17, 15) is 4.79 Å². The Morgan fingerprint density at radius 1 is 1.45 bits per heavy atom. The van der Waals surface area contributed by atoms with Crippen LogP contribution in [0.1, 0.15) is 20.8 Å². The van der Waals surface area contributed by atoms with Crippen molar-refractivity contribution in [3.05, 3.63) is 0 Å². The van der Waals surface area contributed by atoms with Gasteiger partial charge in [0.05, 0.1) is 0 Å². The molecule has 0 N–H and O–H groups in total. The summed E-state index contributed by atoms with van der Waals surface area (Å²) in [6.45, 7) is 6.71. The number of hydrogen-bond acceptors (Lipinski definition) is 2. The van der Waals surface area contributed by atoms with Gasteiger partial charge >= 0.3 is 6.09 Å². The van der Waals surface area contributed by atoms with Crippen molar-refractivity contribution in [2.45, 2.75) is 20.8 Å². The molecule has 0 heterocycles. The lowest BCUT2D eigenvalue weighted by molar-refractivity contribution is 0.148. The highest BCUT2D eigenvalue weighted by atomic mass is 16.5. The zero-order valence-electron chi connectivity index (χ0n) is 7.18. The number of carbonyl (C=O) groups excluding carboxylic acids is 1. The Morgan fingerprint density at radius 2 is 2.00 bits per heavy atom. The number of rotatable bonds is 2. The predicted octanol–water partition coefficient (Wildman–Crippen LogP) is 1.45. The first-order chi connectivity index (χ1) is 5.26. The third-order valence-electron chi connectivity index (χ3n) is 1.26. The molecule has 0 fully saturated rings. The maximum absolute atomic E-state index is 11.0. The van der Waals surface area contributed by atoms with Crippen LogP contribution < -0.4 is 0 Å². The molecule has 0 aromatic rings. The summed E-state index contributed by atoms with van der Waals surface area (Å²) in [4.78, 5) is 12.5. The van der Waals surface area contributed by atoms with Crippen LogP contribution in [0.25, 0.3) is 0 Å². The first kappa shape index (κ1) is 9.83. The predicted molar refractivity (Wildman–Crippen MR) is 42.9 cm³/mol. The smallest absolute Gasteiger partial charge is 0.356 e. The number of ether oxygens (including phenoxy) is 1. The molecule has 0 aliphatic rings. The molecule has 1 amide bonds. The molecule has 3 heteroatoms. The highest BCUT2D eigenvalue weighted by Crippen LogP contribution is 1.91. The van der Waals surface area contributed by atoms with Gasteiger partial charge in [0.2, 0.25) is 0 Å². The van der Waals surface area contributed by atoms with Crippen LogP contribution in [0.15, 0.2) is 0 Å².